The number of ether oxygens (including phenoxy) is 7. The van der Waals surface area contributed by atoms with Crippen LogP contribution in [-0.2, 0) is 44.0 Å². The van der Waals surface area contributed by atoms with Gasteiger partial charge in [-0.05, 0) is 37.1 Å². The molecule has 13 heteroatoms. The molecule has 0 saturated carbocycles. The number of anilines is 1. The van der Waals surface area contributed by atoms with Crippen molar-refractivity contribution in [2.75, 3.05) is 118 Å². The van der Waals surface area contributed by atoms with E-state index in [4.69, 9.17) is 38.7 Å². The minimum Gasteiger partial charge on any atom is -1.00 e. The van der Waals surface area contributed by atoms with E-state index in [1.807, 2.05) is 0 Å². The lowest BCUT2D eigenvalue weighted by Crippen LogP contribution is -3.00. The Morgan fingerprint density at radius 3 is 1.89 bits per heavy atom. The van der Waals surface area contributed by atoms with Crippen LogP contribution in [0.25, 0.3) is 10.4 Å². The maximum atomic E-state index is 8.31. The number of hydrogen-bond acceptors (Lipinski definition) is 9. The first kappa shape index (κ1) is 45.8. The van der Waals surface area contributed by atoms with E-state index in [-0.39, 0.29) is 23.2 Å². The molecule has 12 nitrogen and oxygen atoms in total. The minimum absolute atomic E-state index is 0. The van der Waals surface area contributed by atoms with Gasteiger partial charge >= 0.3 is 0 Å². The number of hydrogen-bond donors (Lipinski definition) is 0. The molecule has 2 aromatic rings. The summed E-state index contributed by atoms with van der Waals surface area (Å²) >= 11 is 0. The van der Waals surface area contributed by atoms with Crippen LogP contribution in [0, 0.1) is 0 Å². The van der Waals surface area contributed by atoms with Crippen LogP contribution in [0.1, 0.15) is 38.8 Å². The summed E-state index contributed by atoms with van der Waals surface area (Å²) in [6, 6.07) is 17.3. The van der Waals surface area contributed by atoms with Gasteiger partial charge in [0.25, 0.3) is 0 Å². The Balaban J connectivity index is 0.00000812. The third kappa shape index (κ3) is 13.6. The topological polar surface area (TPSA) is 120 Å². The summed E-state index contributed by atoms with van der Waals surface area (Å²) in [5, 5.41) is 3.44. The van der Waals surface area contributed by atoms with Crippen LogP contribution >= 0.6 is 0 Å². The van der Waals surface area contributed by atoms with Crippen LogP contribution in [0.3, 0.4) is 0 Å². The molecule has 0 atom stereocenters. The maximum absolute atomic E-state index is 8.31. The molecule has 2 aliphatic rings. The van der Waals surface area contributed by atoms with E-state index in [2.05, 4.69) is 126 Å². The van der Waals surface area contributed by atoms with Crippen LogP contribution < -0.4 is 17.3 Å². The summed E-state index contributed by atoms with van der Waals surface area (Å²) in [6.07, 6.45) is 10.9. The van der Waals surface area contributed by atoms with Crippen molar-refractivity contribution in [1.82, 2.24) is 0 Å². The zero-order valence-electron chi connectivity index (χ0n) is 33.3. The fraction of sp³-hybridized carbons (Fsp3) is 0.548. The highest BCUT2D eigenvalue weighted by molar-refractivity contribution is 6.03. The predicted octanol–water partition coefficient (Wildman–Crippen LogP) is 3.92. The van der Waals surface area contributed by atoms with Crippen molar-refractivity contribution in [3.63, 3.8) is 0 Å². The van der Waals surface area contributed by atoms with Gasteiger partial charge in [-0.2, -0.15) is 4.58 Å². The fourth-order valence-corrected chi connectivity index (χ4v) is 6.81. The van der Waals surface area contributed by atoms with Crippen molar-refractivity contribution in [2.24, 2.45) is 5.11 Å². The summed E-state index contributed by atoms with van der Waals surface area (Å²) in [5.41, 5.74) is 15.5. The van der Waals surface area contributed by atoms with Crippen molar-refractivity contribution in [3.8, 4) is 0 Å². The first-order chi connectivity index (χ1) is 26.3. The van der Waals surface area contributed by atoms with E-state index < -0.39 is 0 Å². The van der Waals surface area contributed by atoms with Gasteiger partial charge in [-0.3, -0.25) is 0 Å². The quantitative estimate of drug-likeness (QED) is 0.0335. The molecule has 0 saturated heterocycles. The van der Waals surface area contributed by atoms with Crippen LogP contribution in [0.2, 0.25) is 0 Å². The van der Waals surface area contributed by atoms with Crippen LogP contribution in [0.4, 0.5) is 11.4 Å². The molecule has 0 aromatic heterocycles. The van der Waals surface area contributed by atoms with Crippen molar-refractivity contribution < 1.29 is 50.1 Å². The number of fused-ring (bicyclic) bond motifs is 2. The van der Waals surface area contributed by atoms with E-state index in [0.29, 0.717) is 92.4 Å². The molecular formula is C42H60ClN5O7. The summed E-state index contributed by atoms with van der Waals surface area (Å²) in [4.78, 5) is 5.08. The predicted molar refractivity (Wildman–Crippen MR) is 213 cm³/mol. The molecule has 0 aliphatic carbocycles. The van der Waals surface area contributed by atoms with E-state index in [1.165, 1.54) is 33.9 Å². The second-order valence-electron chi connectivity index (χ2n) is 13.9. The molecule has 0 unspecified atom stereocenters. The lowest BCUT2D eigenvalue weighted by Gasteiger charge is -2.27. The average molecular weight is 782 g/mol. The Hall–Kier alpha value is -3.55. The number of benzene rings is 2. The van der Waals surface area contributed by atoms with Crippen LogP contribution in [0.15, 0.2) is 89.7 Å². The average Bonchev–Trinajstić information content (AvgIpc) is 3.52. The largest absolute Gasteiger partial charge is 1.00 e. The Morgan fingerprint density at radius 2 is 1.24 bits per heavy atom. The normalized spacial score (nSPS) is 16.2. The molecule has 302 valence electrons. The SMILES string of the molecule is COCCOCCOCCOCC[N+]1=C(/C=C/C=C/C=C2\N(CCOCCOCCOCCN=[N+]=[N-])c3ccccc3C2(C)C)C(C)(C)c2ccccc21.[Cl-]. The Kier molecular flexibility index (Phi) is 20.7. The highest BCUT2D eigenvalue weighted by atomic mass is 35.5. The minimum atomic E-state index is -0.157. The van der Waals surface area contributed by atoms with Crippen molar-refractivity contribution in [2.45, 2.75) is 38.5 Å². The number of nitrogens with zero attached hydrogens (tertiary/aromatic N) is 5. The Morgan fingerprint density at radius 1 is 0.673 bits per heavy atom. The number of halogens is 1. The number of methoxy groups -OCH3 is 1. The van der Waals surface area contributed by atoms with Crippen LogP contribution in [0.5, 0.6) is 0 Å². The van der Waals surface area contributed by atoms with Gasteiger partial charge in [0.1, 0.15) is 6.61 Å². The molecule has 0 fully saturated rings. The molecule has 0 radical (unpaired) electrons. The number of allylic oxidation sites excluding steroid dienone is 6. The zero-order chi connectivity index (χ0) is 38.5. The second-order valence-corrected chi connectivity index (χ2v) is 13.9. The molecule has 55 heavy (non-hydrogen) atoms. The monoisotopic (exact) mass is 781 g/mol. The fourth-order valence-electron chi connectivity index (χ4n) is 6.81. The molecule has 4 rings (SSSR count). The van der Waals surface area contributed by atoms with Gasteiger partial charge in [0.15, 0.2) is 12.3 Å². The van der Waals surface area contributed by atoms with Gasteiger partial charge in [0.05, 0.1) is 84.7 Å². The molecule has 0 bridgehead atoms. The molecule has 2 aliphatic heterocycles. The summed E-state index contributed by atoms with van der Waals surface area (Å²) in [5.74, 6) is 0. The van der Waals surface area contributed by atoms with Gasteiger partial charge in [-0.25, -0.2) is 0 Å². The third-order valence-electron chi connectivity index (χ3n) is 9.57. The smallest absolute Gasteiger partial charge is 0.209 e. The molecule has 0 N–H and O–H groups in total. The standard InChI is InChI=1S/C42H60N5O7.ClH/c1-41(2)35-13-9-11-15-37(35)46(20-23-50-28-31-53-30-27-49-22-19-44-45-43)39(41)17-7-6-8-18-40-42(3,4)36-14-10-12-16-38(36)47(40)21-24-51-29-32-54-34-33-52-26-25-48-5;/h6-18H,19-34H2,1-5H3;1H/q+1;/p-1. The van der Waals surface area contributed by atoms with E-state index in [1.54, 1.807) is 7.11 Å². The van der Waals surface area contributed by atoms with Crippen molar-refractivity contribution in [3.05, 3.63) is 106 Å². The van der Waals surface area contributed by atoms with Gasteiger partial charge in [-0.1, -0.05) is 73.6 Å². The lowest BCUT2D eigenvalue weighted by molar-refractivity contribution is -0.442. The van der Waals surface area contributed by atoms with Crippen molar-refractivity contribution in [1.29, 1.82) is 0 Å². The van der Waals surface area contributed by atoms with Gasteiger partial charge in [0, 0.05) is 59.6 Å². The Bertz CT molecular complexity index is 1620. The summed E-state index contributed by atoms with van der Waals surface area (Å²) in [6.45, 7) is 17.8. The zero-order valence-corrected chi connectivity index (χ0v) is 34.0. The summed E-state index contributed by atoms with van der Waals surface area (Å²) < 4.78 is 41.4. The second kappa shape index (κ2) is 24.9. The maximum Gasteiger partial charge on any atom is 0.209 e. The van der Waals surface area contributed by atoms with Gasteiger partial charge < -0.3 is 50.5 Å². The molecule has 0 spiro atoms. The molecule has 0 amide bonds. The summed E-state index contributed by atoms with van der Waals surface area (Å²) in [7, 11) is 1.66. The molecular weight excluding hydrogens is 722 g/mol. The highest BCUT2D eigenvalue weighted by Gasteiger charge is 2.44. The van der Waals surface area contributed by atoms with E-state index in [9.17, 15) is 0 Å². The van der Waals surface area contributed by atoms with E-state index >= 15 is 0 Å². The van der Waals surface area contributed by atoms with Gasteiger partial charge in [-0.15, -0.1) is 0 Å². The van der Waals surface area contributed by atoms with Crippen molar-refractivity contribution >= 4 is 17.1 Å². The Labute approximate surface area is 333 Å². The molecule has 2 heterocycles. The first-order valence-electron chi connectivity index (χ1n) is 19.0. The van der Waals surface area contributed by atoms with E-state index in [0.717, 1.165) is 13.1 Å². The van der Waals surface area contributed by atoms with Gasteiger partial charge in [0.2, 0.25) is 5.69 Å². The molecule has 2 aromatic carbocycles. The number of azide groups is 1. The lowest BCUT2D eigenvalue weighted by atomic mass is 9.81. The van der Waals surface area contributed by atoms with Crippen LogP contribution in [-0.4, -0.2) is 123 Å². The number of para-hydroxylation sites is 2. The highest BCUT2D eigenvalue weighted by Crippen LogP contribution is 2.47. The number of rotatable bonds is 27. The third-order valence-corrected chi connectivity index (χ3v) is 9.57. The first-order valence-corrected chi connectivity index (χ1v) is 19.0.